The number of halogens is 2. The summed E-state index contributed by atoms with van der Waals surface area (Å²) in [4.78, 5) is 3.40. The van der Waals surface area contributed by atoms with E-state index in [1.807, 2.05) is 36.4 Å². The van der Waals surface area contributed by atoms with Crippen molar-refractivity contribution in [1.82, 2.24) is 0 Å². The number of benzene rings is 6. The summed E-state index contributed by atoms with van der Waals surface area (Å²) >= 11 is 0. The van der Waals surface area contributed by atoms with E-state index in [2.05, 4.69) is 10.9 Å². The zero-order valence-corrected chi connectivity index (χ0v) is 30.6. The quantitative estimate of drug-likeness (QED) is 0.124. The first-order valence-corrected chi connectivity index (χ1v) is 18.3. The molecule has 0 atom stereocenters. The molecule has 0 aromatic heterocycles. The molecule has 0 unspecified atom stereocenters. The second-order valence-corrected chi connectivity index (χ2v) is 13.7. The SMILES string of the molecule is C.Fc1ccc2c(c1)COB2OB1OCc2cc(F)ccc21.[C-]#[N+]c1ccc(Oc2ccc3c(c2)COB3OB2OCc3cc(Oc4ccc(C#N)cc4)ccc32)cc1. The number of ether oxygens (including phenoxy) is 2. The van der Waals surface area contributed by atoms with Gasteiger partial charge in [0.2, 0.25) is 0 Å². The fourth-order valence-corrected chi connectivity index (χ4v) is 7.01. The first kappa shape index (κ1) is 39.6. The molecule has 0 bridgehead atoms. The Morgan fingerprint density at radius 2 is 0.864 bits per heavy atom. The molecular weight excluding hydrogens is 754 g/mol. The van der Waals surface area contributed by atoms with Crippen LogP contribution in [0.15, 0.2) is 121 Å². The number of nitrogens with zero attached hydrogens (tertiary/aromatic N) is 2. The average Bonchev–Trinajstić information content (AvgIpc) is 4.04. The lowest BCUT2D eigenvalue weighted by molar-refractivity contribution is 0.238. The third kappa shape index (κ3) is 8.65. The van der Waals surface area contributed by atoms with E-state index in [4.69, 9.17) is 49.1 Å². The summed E-state index contributed by atoms with van der Waals surface area (Å²) in [6, 6.07) is 36.6. The van der Waals surface area contributed by atoms with Crippen molar-refractivity contribution in [2.75, 3.05) is 0 Å². The second-order valence-electron chi connectivity index (χ2n) is 13.7. The molecule has 0 amide bonds. The molecule has 10 rings (SSSR count). The van der Waals surface area contributed by atoms with Crippen molar-refractivity contribution in [2.45, 2.75) is 33.9 Å². The van der Waals surface area contributed by atoms with Gasteiger partial charge in [-0.15, -0.1) is 0 Å². The minimum Gasteiger partial charge on any atom is -0.457 e. The van der Waals surface area contributed by atoms with Gasteiger partial charge in [0.15, 0.2) is 5.69 Å². The zero-order valence-electron chi connectivity index (χ0n) is 30.6. The van der Waals surface area contributed by atoms with Gasteiger partial charge < -0.3 is 37.2 Å². The molecule has 16 heteroatoms. The highest BCUT2D eigenvalue weighted by molar-refractivity contribution is 6.76. The van der Waals surface area contributed by atoms with Gasteiger partial charge in [0.1, 0.15) is 34.6 Å². The normalized spacial score (nSPS) is 14.2. The van der Waals surface area contributed by atoms with E-state index >= 15 is 0 Å². The third-order valence-electron chi connectivity index (χ3n) is 9.93. The molecule has 59 heavy (non-hydrogen) atoms. The van der Waals surface area contributed by atoms with Crippen molar-refractivity contribution < 1.29 is 46.0 Å². The number of rotatable bonds is 8. The Labute approximate surface area is 341 Å². The maximum atomic E-state index is 13.2. The predicted molar refractivity (Wildman–Crippen MR) is 219 cm³/mol. The van der Waals surface area contributed by atoms with Crippen LogP contribution in [0.25, 0.3) is 4.85 Å². The van der Waals surface area contributed by atoms with E-state index in [9.17, 15) is 8.78 Å². The van der Waals surface area contributed by atoms with E-state index in [1.165, 1.54) is 24.3 Å². The Bertz CT molecular complexity index is 2410. The Morgan fingerprint density at radius 3 is 1.25 bits per heavy atom. The van der Waals surface area contributed by atoms with E-state index in [1.54, 1.807) is 60.7 Å². The fraction of sp³-hybridized carbons (Fsp3) is 0.116. The maximum Gasteiger partial charge on any atom is 0.481 e. The zero-order chi connectivity index (χ0) is 39.6. The van der Waals surface area contributed by atoms with Gasteiger partial charge in [-0.2, -0.15) is 5.26 Å². The molecular formula is C43H32B4F2N2O8. The number of hydrogen-bond acceptors (Lipinski definition) is 9. The lowest BCUT2D eigenvalue weighted by Crippen LogP contribution is -2.43. The maximum absolute atomic E-state index is 13.2. The lowest BCUT2D eigenvalue weighted by Gasteiger charge is -2.13. The fourth-order valence-electron chi connectivity index (χ4n) is 7.01. The van der Waals surface area contributed by atoms with E-state index < -0.39 is 28.5 Å². The van der Waals surface area contributed by atoms with Gasteiger partial charge in [0.05, 0.1) is 44.6 Å². The van der Waals surface area contributed by atoms with Crippen LogP contribution in [0.4, 0.5) is 14.5 Å². The first-order chi connectivity index (χ1) is 28.4. The van der Waals surface area contributed by atoms with Crippen LogP contribution < -0.4 is 31.3 Å². The summed E-state index contributed by atoms with van der Waals surface area (Å²) in [5.41, 5.74) is 8.16. The number of hydrogen-bond donors (Lipinski definition) is 0. The third-order valence-corrected chi connectivity index (χ3v) is 9.93. The summed E-state index contributed by atoms with van der Waals surface area (Å²) in [7, 11) is -2.29. The molecule has 4 aliphatic heterocycles. The molecule has 0 saturated carbocycles. The van der Waals surface area contributed by atoms with Crippen molar-refractivity contribution in [1.29, 1.82) is 5.26 Å². The van der Waals surface area contributed by atoms with E-state index in [-0.39, 0.29) is 19.1 Å². The lowest BCUT2D eigenvalue weighted by atomic mass is 9.71. The van der Waals surface area contributed by atoms with Crippen LogP contribution in [0.3, 0.4) is 0 Å². The van der Waals surface area contributed by atoms with E-state index in [0.717, 1.165) is 44.1 Å². The summed E-state index contributed by atoms with van der Waals surface area (Å²) in [5, 5.41) is 8.95. The summed E-state index contributed by atoms with van der Waals surface area (Å²) < 4.78 is 73.1. The van der Waals surface area contributed by atoms with Gasteiger partial charge >= 0.3 is 28.5 Å². The highest BCUT2D eigenvalue weighted by Gasteiger charge is 2.41. The minimum absolute atomic E-state index is 0. The first-order valence-electron chi connectivity index (χ1n) is 18.3. The Balaban J connectivity index is 0.000000186. The summed E-state index contributed by atoms with van der Waals surface area (Å²) in [6.07, 6.45) is 0. The average molecular weight is 786 g/mol. The molecule has 4 aliphatic rings. The van der Waals surface area contributed by atoms with Crippen LogP contribution >= 0.6 is 0 Å². The monoisotopic (exact) mass is 786 g/mol. The molecule has 0 spiro atoms. The molecule has 288 valence electrons. The molecule has 6 aromatic carbocycles. The number of fused-ring (bicyclic) bond motifs is 4. The molecule has 0 aliphatic carbocycles. The smallest absolute Gasteiger partial charge is 0.457 e. The minimum atomic E-state index is -0.596. The Hall–Kier alpha value is -6.22. The van der Waals surface area contributed by atoms with Crippen LogP contribution in [0.2, 0.25) is 0 Å². The van der Waals surface area contributed by atoms with Crippen LogP contribution in [0.5, 0.6) is 23.0 Å². The van der Waals surface area contributed by atoms with Gasteiger partial charge in [-0.25, -0.2) is 13.6 Å². The molecule has 6 aromatic rings. The summed E-state index contributed by atoms with van der Waals surface area (Å²) in [5.74, 6) is 2.11. The Morgan fingerprint density at radius 1 is 0.508 bits per heavy atom. The van der Waals surface area contributed by atoms with Crippen molar-refractivity contribution in [3.05, 3.63) is 172 Å². The second kappa shape index (κ2) is 17.3. The summed E-state index contributed by atoms with van der Waals surface area (Å²) in [6.45, 7) is 8.48. The van der Waals surface area contributed by atoms with Gasteiger partial charge in [0, 0.05) is 0 Å². The van der Waals surface area contributed by atoms with Gasteiger partial charge in [0.25, 0.3) is 0 Å². The van der Waals surface area contributed by atoms with Crippen molar-refractivity contribution in [3.63, 3.8) is 0 Å². The molecule has 0 radical (unpaired) electrons. The highest BCUT2D eigenvalue weighted by atomic mass is 19.1. The molecule has 0 fully saturated rings. The van der Waals surface area contributed by atoms with Crippen molar-refractivity contribution >= 4 is 56.0 Å². The van der Waals surface area contributed by atoms with E-state index in [0.29, 0.717) is 60.7 Å². The van der Waals surface area contributed by atoms with Gasteiger partial charge in [-0.1, -0.05) is 43.8 Å². The van der Waals surface area contributed by atoms with Crippen molar-refractivity contribution in [2.24, 2.45) is 0 Å². The van der Waals surface area contributed by atoms with Crippen LogP contribution in [0, 0.1) is 29.5 Å². The largest absolute Gasteiger partial charge is 0.481 e. The van der Waals surface area contributed by atoms with Crippen LogP contribution in [0.1, 0.15) is 35.2 Å². The van der Waals surface area contributed by atoms with Crippen LogP contribution in [-0.4, -0.2) is 28.5 Å². The molecule has 0 saturated heterocycles. The predicted octanol–water partition coefficient (Wildman–Crippen LogP) is 6.63. The van der Waals surface area contributed by atoms with Gasteiger partial charge in [-0.05, 0) is 129 Å². The topological polar surface area (TPSA) is 102 Å². The molecule has 10 nitrogen and oxygen atoms in total. The molecule has 0 N–H and O–H groups in total. The highest BCUT2D eigenvalue weighted by Crippen LogP contribution is 2.28. The number of nitriles is 1. The van der Waals surface area contributed by atoms with Crippen LogP contribution in [-0.2, 0) is 54.2 Å². The standard InChI is InChI=1S/C28H18B2N2O5.C14H10B2F2O3.CH4/c1-32-22-4-8-24(9-5-22)36-26-11-13-28-21(15-26)18-34-30(28)37-29-27-12-10-25(14-20(27)17-33-29)35-23-6-2-19(16-31)3-7-23;17-11-1-3-13-9(5-11)7-19-15(13)21-16-14-4-2-12(18)6-10(14)8-20-16;/h2-15H,17-18H2;1-6H,7-8H2;1H4. The Kier molecular flexibility index (Phi) is 11.6. The van der Waals surface area contributed by atoms with Gasteiger partial charge in [-0.3, -0.25) is 0 Å². The molecule has 4 heterocycles. The van der Waals surface area contributed by atoms with Crippen molar-refractivity contribution in [3.8, 4) is 29.1 Å².